The number of carbonyl (C=O) groups excluding carboxylic acids is 1. The highest BCUT2D eigenvalue weighted by atomic mass is 35.5. The number of aromatic nitrogens is 3. The molecule has 2 aliphatic rings. The van der Waals surface area contributed by atoms with Crippen LogP contribution in [0.5, 0.6) is 0 Å². The van der Waals surface area contributed by atoms with Crippen LogP contribution in [0.25, 0.3) is 11.4 Å². The molecule has 0 aliphatic carbocycles. The summed E-state index contributed by atoms with van der Waals surface area (Å²) in [5.74, 6) is 4.14. The van der Waals surface area contributed by atoms with Gasteiger partial charge >= 0.3 is 0 Å². The van der Waals surface area contributed by atoms with Crippen molar-refractivity contribution in [2.75, 3.05) is 24.6 Å². The second kappa shape index (κ2) is 9.60. The second-order valence-corrected chi connectivity index (χ2v) is 7.35. The van der Waals surface area contributed by atoms with Gasteiger partial charge in [0.1, 0.15) is 0 Å². The molecule has 0 saturated carbocycles. The predicted octanol–water partition coefficient (Wildman–Crippen LogP) is 2.23. The van der Waals surface area contributed by atoms with E-state index in [9.17, 15) is 4.79 Å². The van der Waals surface area contributed by atoms with Gasteiger partial charge in [-0.3, -0.25) is 4.79 Å². The highest BCUT2D eigenvalue weighted by molar-refractivity contribution is 7.99. The molecule has 3 heterocycles. The minimum Gasteiger partial charge on any atom is -0.333 e. The van der Waals surface area contributed by atoms with Crippen LogP contribution >= 0.6 is 36.6 Å². The lowest BCUT2D eigenvalue weighted by molar-refractivity contribution is -0.133. The number of amides is 1. The van der Waals surface area contributed by atoms with Crippen molar-refractivity contribution in [1.82, 2.24) is 25.0 Å². The van der Waals surface area contributed by atoms with Crippen LogP contribution in [-0.2, 0) is 17.9 Å². The fourth-order valence-corrected chi connectivity index (χ4v) is 4.21. The van der Waals surface area contributed by atoms with E-state index in [1.165, 1.54) is 0 Å². The summed E-state index contributed by atoms with van der Waals surface area (Å²) in [6, 6.07) is 10.4. The van der Waals surface area contributed by atoms with E-state index in [0.717, 1.165) is 48.4 Å². The topological polar surface area (TPSA) is 63.1 Å². The average Bonchev–Trinajstić information content (AvgIpc) is 3.06. The molecule has 1 N–H and O–H groups in total. The minimum atomic E-state index is 0. The standard InChI is InChI=1S/C17H21N5OS.2ClH/c23-16(10-14-12-24-9-6-18-14)21-7-8-22-15(11-21)19-20-17(22)13-4-2-1-3-5-13;;/h1-5,14,18H,6-12H2;2*1H. The first-order valence-electron chi connectivity index (χ1n) is 8.37. The average molecular weight is 416 g/mol. The number of rotatable bonds is 3. The molecule has 1 fully saturated rings. The fourth-order valence-electron chi connectivity index (χ4n) is 3.26. The number of carbonyl (C=O) groups is 1. The van der Waals surface area contributed by atoms with Crippen LogP contribution in [0.3, 0.4) is 0 Å². The summed E-state index contributed by atoms with van der Waals surface area (Å²) in [6.45, 7) is 3.03. The molecule has 1 amide bonds. The summed E-state index contributed by atoms with van der Waals surface area (Å²) in [4.78, 5) is 14.5. The highest BCUT2D eigenvalue weighted by Gasteiger charge is 2.27. The van der Waals surface area contributed by atoms with Crippen LogP contribution in [0, 0.1) is 0 Å². The summed E-state index contributed by atoms with van der Waals surface area (Å²) in [7, 11) is 0. The molecule has 1 atom stereocenters. The van der Waals surface area contributed by atoms with Crippen LogP contribution in [0.1, 0.15) is 12.2 Å². The molecule has 0 radical (unpaired) electrons. The van der Waals surface area contributed by atoms with Gasteiger partial charge in [0.05, 0.1) is 6.54 Å². The van der Waals surface area contributed by atoms with E-state index >= 15 is 0 Å². The molecule has 1 aromatic carbocycles. The van der Waals surface area contributed by atoms with Gasteiger partial charge in [-0.1, -0.05) is 30.3 Å². The molecule has 6 nitrogen and oxygen atoms in total. The highest BCUT2D eigenvalue weighted by Crippen LogP contribution is 2.22. The Hall–Kier alpha value is -1.28. The zero-order chi connectivity index (χ0) is 16.4. The molecule has 0 spiro atoms. The van der Waals surface area contributed by atoms with Crippen LogP contribution in [0.15, 0.2) is 30.3 Å². The lowest BCUT2D eigenvalue weighted by atomic mass is 10.2. The van der Waals surface area contributed by atoms with Crippen LogP contribution in [0.4, 0.5) is 0 Å². The largest absolute Gasteiger partial charge is 0.333 e. The Bertz CT molecular complexity index is 721. The van der Waals surface area contributed by atoms with Crippen molar-refractivity contribution in [3.63, 3.8) is 0 Å². The van der Waals surface area contributed by atoms with Gasteiger partial charge in [0, 0.05) is 49.2 Å². The Balaban J connectivity index is 0.00000121. The molecule has 142 valence electrons. The smallest absolute Gasteiger partial charge is 0.224 e. The van der Waals surface area contributed by atoms with Gasteiger partial charge in [0.25, 0.3) is 0 Å². The van der Waals surface area contributed by atoms with Crippen molar-refractivity contribution < 1.29 is 4.79 Å². The van der Waals surface area contributed by atoms with Crippen molar-refractivity contribution in [1.29, 1.82) is 0 Å². The Kier molecular flexibility index (Phi) is 7.76. The first kappa shape index (κ1) is 21.0. The summed E-state index contributed by atoms with van der Waals surface area (Å²) < 4.78 is 2.13. The van der Waals surface area contributed by atoms with Gasteiger partial charge in [-0.25, -0.2) is 0 Å². The van der Waals surface area contributed by atoms with Crippen molar-refractivity contribution in [3.05, 3.63) is 36.2 Å². The summed E-state index contributed by atoms with van der Waals surface area (Å²) in [5, 5.41) is 12.1. The van der Waals surface area contributed by atoms with E-state index in [0.29, 0.717) is 19.0 Å². The van der Waals surface area contributed by atoms with E-state index < -0.39 is 0 Å². The Morgan fingerprint density at radius 3 is 2.73 bits per heavy atom. The van der Waals surface area contributed by atoms with Gasteiger partial charge in [0.2, 0.25) is 5.91 Å². The van der Waals surface area contributed by atoms with Crippen LogP contribution in [-0.4, -0.2) is 56.2 Å². The Morgan fingerprint density at radius 1 is 1.19 bits per heavy atom. The quantitative estimate of drug-likeness (QED) is 0.832. The zero-order valence-electron chi connectivity index (χ0n) is 14.3. The number of fused-ring (bicyclic) bond motifs is 1. The van der Waals surface area contributed by atoms with Gasteiger partial charge in [-0.05, 0) is 0 Å². The van der Waals surface area contributed by atoms with E-state index in [-0.39, 0.29) is 30.7 Å². The lowest BCUT2D eigenvalue weighted by Gasteiger charge is -2.30. The van der Waals surface area contributed by atoms with E-state index in [1.54, 1.807) is 0 Å². The summed E-state index contributed by atoms with van der Waals surface area (Å²) in [5.41, 5.74) is 1.07. The van der Waals surface area contributed by atoms with Crippen LogP contribution in [0.2, 0.25) is 0 Å². The Labute approximate surface area is 169 Å². The van der Waals surface area contributed by atoms with Gasteiger partial charge in [-0.15, -0.1) is 35.0 Å². The molecular weight excluding hydrogens is 393 g/mol. The van der Waals surface area contributed by atoms with Crippen LogP contribution < -0.4 is 5.32 Å². The number of benzene rings is 1. The SMILES string of the molecule is Cl.Cl.O=C(CC1CSCCN1)N1CCn2c(nnc2-c2ccccc2)C1. The zero-order valence-corrected chi connectivity index (χ0v) is 16.8. The van der Waals surface area contributed by atoms with Gasteiger partial charge in [0.15, 0.2) is 11.6 Å². The van der Waals surface area contributed by atoms with E-state index in [1.807, 2.05) is 47.0 Å². The number of hydrogen-bond donors (Lipinski definition) is 1. The number of hydrogen-bond acceptors (Lipinski definition) is 5. The molecule has 4 rings (SSSR count). The normalized spacial score (nSPS) is 19.1. The maximum atomic E-state index is 12.6. The van der Waals surface area contributed by atoms with E-state index in [2.05, 4.69) is 20.1 Å². The van der Waals surface area contributed by atoms with Crippen molar-refractivity contribution >= 4 is 42.5 Å². The monoisotopic (exact) mass is 415 g/mol. The third-order valence-electron chi connectivity index (χ3n) is 4.56. The molecule has 2 aliphatic heterocycles. The first-order valence-corrected chi connectivity index (χ1v) is 9.53. The molecule has 0 bridgehead atoms. The predicted molar refractivity (Wildman–Crippen MR) is 109 cm³/mol. The second-order valence-electron chi connectivity index (χ2n) is 6.20. The van der Waals surface area contributed by atoms with Crippen molar-refractivity contribution in [2.45, 2.75) is 25.6 Å². The molecule has 2 aromatic rings. The molecule has 1 aromatic heterocycles. The number of nitrogens with one attached hydrogen (secondary N) is 1. The molecule has 26 heavy (non-hydrogen) atoms. The van der Waals surface area contributed by atoms with Gasteiger partial charge in [-0.2, -0.15) is 11.8 Å². The number of thioether (sulfide) groups is 1. The lowest BCUT2D eigenvalue weighted by Crippen LogP contribution is -2.44. The molecular formula is C17H23Cl2N5OS. The molecule has 1 saturated heterocycles. The summed E-state index contributed by atoms with van der Waals surface area (Å²) >= 11 is 1.92. The van der Waals surface area contributed by atoms with Crippen molar-refractivity contribution in [3.8, 4) is 11.4 Å². The third kappa shape index (κ3) is 4.52. The number of halogens is 2. The summed E-state index contributed by atoms with van der Waals surface area (Å²) in [6.07, 6.45) is 0.576. The molecule has 9 heteroatoms. The fraction of sp³-hybridized carbons (Fsp3) is 0.471. The van der Waals surface area contributed by atoms with E-state index in [4.69, 9.17) is 0 Å². The number of nitrogens with zero attached hydrogens (tertiary/aromatic N) is 4. The maximum absolute atomic E-state index is 12.6. The Morgan fingerprint density at radius 2 is 2.00 bits per heavy atom. The maximum Gasteiger partial charge on any atom is 0.224 e. The minimum absolute atomic E-state index is 0. The third-order valence-corrected chi connectivity index (χ3v) is 5.69. The van der Waals surface area contributed by atoms with Gasteiger partial charge < -0.3 is 14.8 Å². The molecule has 1 unspecified atom stereocenters. The van der Waals surface area contributed by atoms with Crippen molar-refractivity contribution in [2.24, 2.45) is 0 Å². The first-order chi connectivity index (χ1) is 11.8.